The van der Waals surface area contributed by atoms with Gasteiger partial charge in [-0.3, -0.25) is 0 Å². The molecule has 0 aromatic heterocycles. The van der Waals surface area contributed by atoms with E-state index in [1.807, 2.05) is 0 Å². The van der Waals surface area contributed by atoms with Crippen LogP contribution in [0, 0.1) is 6.92 Å². The van der Waals surface area contributed by atoms with E-state index in [9.17, 15) is 0 Å². The Morgan fingerprint density at radius 3 is 2.25 bits per heavy atom. The van der Waals surface area contributed by atoms with Crippen molar-refractivity contribution in [1.82, 2.24) is 0 Å². The summed E-state index contributed by atoms with van der Waals surface area (Å²) in [4.78, 5) is 1.28. The van der Waals surface area contributed by atoms with Gasteiger partial charge in [0.1, 0.15) is 0 Å². The Labute approximate surface area is 192 Å². The lowest BCUT2D eigenvalue weighted by Gasteiger charge is -2.18. The number of aryl methyl sites for hydroxylation is 1. The van der Waals surface area contributed by atoms with E-state index >= 15 is 0 Å². The van der Waals surface area contributed by atoms with E-state index < -0.39 is 0 Å². The number of rotatable bonds is 1. The van der Waals surface area contributed by atoms with Crippen molar-refractivity contribution in [2.75, 3.05) is 0 Å². The third kappa shape index (κ3) is 3.01. The predicted molar refractivity (Wildman–Crippen MR) is 142 cm³/mol. The minimum absolute atomic E-state index is 1.05. The summed E-state index contributed by atoms with van der Waals surface area (Å²) in [6, 6.07) is 29.0. The van der Waals surface area contributed by atoms with Crippen LogP contribution in [0.15, 0.2) is 114 Å². The summed E-state index contributed by atoms with van der Waals surface area (Å²) in [7, 11) is 0. The zero-order chi connectivity index (χ0) is 21.7. The van der Waals surface area contributed by atoms with Crippen molar-refractivity contribution in [3.63, 3.8) is 0 Å². The minimum Gasteiger partial charge on any atom is -0.0967 e. The van der Waals surface area contributed by atoms with Gasteiger partial charge in [0.15, 0.2) is 0 Å². The largest absolute Gasteiger partial charge is 0.0967 e. The van der Waals surface area contributed by atoms with Crippen molar-refractivity contribution < 1.29 is 0 Å². The topological polar surface area (TPSA) is 0 Å². The molecule has 0 atom stereocenters. The quantitative estimate of drug-likeness (QED) is 0.241. The molecular formula is C31H22S. The Kier molecular flexibility index (Phi) is 4.52. The first-order valence-electron chi connectivity index (χ1n) is 10.9. The van der Waals surface area contributed by atoms with Gasteiger partial charge in [0.05, 0.1) is 0 Å². The standard InChI is InChI=1S/C31H22S/c1-20-8-7-10-22(18-20)23-13-14-28-29(19-23)26-12-4-3-11-25(26)27-16-15-24-21(2)9-5-6-17-32-31(24)30(27)28/h3-19H,2H2,1H3/b9-5-,17-6-. The average molecular weight is 427 g/mol. The summed E-state index contributed by atoms with van der Waals surface area (Å²) in [5.41, 5.74) is 6.06. The predicted octanol–water partition coefficient (Wildman–Crippen LogP) is 9.31. The Morgan fingerprint density at radius 2 is 1.41 bits per heavy atom. The fourth-order valence-corrected chi connectivity index (χ4v) is 5.78. The number of fused-ring (bicyclic) bond motifs is 8. The van der Waals surface area contributed by atoms with Gasteiger partial charge in [0, 0.05) is 10.3 Å². The molecule has 5 aromatic carbocycles. The second-order valence-corrected chi connectivity index (χ2v) is 9.29. The zero-order valence-electron chi connectivity index (χ0n) is 17.9. The fraction of sp³-hybridized carbons (Fsp3) is 0.0323. The van der Waals surface area contributed by atoms with Gasteiger partial charge in [0.25, 0.3) is 0 Å². The van der Waals surface area contributed by atoms with Crippen LogP contribution >= 0.6 is 11.8 Å². The molecule has 0 bridgehead atoms. The van der Waals surface area contributed by atoms with Crippen LogP contribution in [0.5, 0.6) is 0 Å². The lowest BCUT2D eigenvalue weighted by Crippen LogP contribution is -1.91. The summed E-state index contributed by atoms with van der Waals surface area (Å²) in [6.07, 6.45) is 6.26. The van der Waals surface area contributed by atoms with Gasteiger partial charge < -0.3 is 0 Å². The van der Waals surface area contributed by atoms with Crippen LogP contribution in [0.25, 0.3) is 49.0 Å². The molecule has 0 aliphatic carbocycles. The highest BCUT2D eigenvalue weighted by Gasteiger charge is 2.16. The first-order valence-corrected chi connectivity index (χ1v) is 11.8. The Hall–Kier alpha value is -3.55. The average Bonchev–Trinajstić information content (AvgIpc) is 2.82. The maximum Gasteiger partial charge on any atom is 0.0279 e. The van der Waals surface area contributed by atoms with E-state index in [2.05, 4.69) is 116 Å². The summed E-state index contributed by atoms with van der Waals surface area (Å²) in [6.45, 7) is 6.48. The normalized spacial score (nSPS) is 15.5. The first kappa shape index (κ1) is 19.2. The molecule has 5 aromatic rings. The molecule has 0 N–H and O–H groups in total. The maximum atomic E-state index is 4.33. The highest BCUT2D eigenvalue weighted by atomic mass is 32.2. The van der Waals surface area contributed by atoms with Gasteiger partial charge in [-0.2, -0.15) is 0 Å². The van der Waals surface area contributed by atoms with Gasteiger partial charge in [0.2, 0.25) is 0 Å². The molecule has 1 aliphatic rings. The third-order valence-corrected chi connectivity index (χ3v) is 7.28. The van der Waals surface area contributed by atoms with Crippen molar-refractivity contribution in [1.29, 1.82) is 0 Å². The summed E-state index contributed by atoms with van der Waals surface area (Å²) in [5.74, 6) is 0. The molecule has 1 heteroatoms. The van der Waals surface area contributed by atoms with Gasteiger partial charge >= 0.3 is 0 Å². The summed E-state index contributed by atoms with van der Waals surface area (Å²) >= 11 is 1.79. The maximum absolute atomic E-state index is 4.33. The van der Waals surface area contributed by atoms with Crippen LogP contribution in [0.4, 0.5) is 0 Å². The van der Waals surface area contributed by atoms with E-state index in [0.717, 1.165) is 5.57 Å². The minimum atomic E-state index is 1.05. The van der Waals surface area contributed by atoms with Crippen LogP contribution in [-0.4, -0.2) is 0 Å². The Balaban J connectivity index is 1.77. The molecule has 0 saturated carbocycles. The SMILES string of the molecule is C=C1/C=C\C=C/Sc2c1ccc1c3ccccc3c3cc(-c4cccc(C)c4)ccc3c21. The molecule has 0 unspecified atom stereocenters. The van der Waals surface area contributed by atoms with Crippen LogP contribution in [0.3, 0.4) is 0 Å². The second kappa shape index (κ2) is 7.55. The van der Waals surface area contributed by atoms with Crippen molar-refractivity contribution in [2.24, 2.45) is 0 Å². The first-order chi connectivity index (χ1) is 15.7. The van der Waals surface area contributed by atoms with Gasteiger partial charge in [-0.15, -0.1) is 0 Å². The van der Waals surface area contributed by atoms with Crippen molar-refractivity contribution in [2.45, 2.75) is 11.8 Å². The molecule has 1 aliphatic heterocycles. The van der Waals surface area contributed by atoms with E-state index in [1.54, 1.807) is 11.8 Å². The molecule has 1 heterocycles. The van der Waals surface area contributed by atoms with Gasteiger partial charge in [-0.1, -0.05) is 115 Å². The van der Waals surface area contributed by atoms with E-state index in [-0.39, 0.29) is 0 Å². The molecule has 152 valence electrons. The van der Waals surface area contributed by atoms with Crippen molar-refractivity contribution in [3.8, 4) is 11.1 Å². The molecule has 0 amide bonds. The van der Waals surface area contributed by atoms with Crippen molar-refractivity contribution >= 4 is 49.7 Å². The highest BCUT2D eigenvalue weighted by Crippen LogP contribution is 2.44. The Morgan fingerprint density at radius 1 is 0.656 bits per heavy atom. The fourth-order valence-electron chi connectivity index (χ4n) is 4.81. The molecule has 0 spiro atoms. The smallest absolute Gasteiger partial charge is 0.0279 e. The van der Waals surface area contributed by atoms with Crippen LogP contribution < -0.4 is 0 Å². The van der Waals surface area contributed by atoms with E-state index in [0.29, 0.717) is 0 Å². The molecule has 0 fully saturated rings. The van der Waals surface area contributed by atoms with Crippen LogP contribution in [-0.2, 0) is 0 Å². The number of hydrogen-bond acceptors (Lipinski definition) is 1. The molecule has 6 rings (SSSR count). The zero-order valence-corrected chi connectivity index (χ0v) is 18.7. The molecule has 0 radical (unpaired) electrons. The van der Waals surface area contributed by atoms with Crippen LogP contribution in [0.1, 0.15) is 11.1 Å². The summed E-state index contributed by atoms with van der Waals surface area (Å²) < 4.78 is 0. The number of thioether (sulfide) groups is 1. The molecular weight excluding hydrogens is 404 g/mol. The molecule has 32 heavy (non-hydrogen) atoms. The highest BCUT2D eigenvalue weighted by molar-refractivity contribution is 8.02. The number of allylic oxidation sites excluding steroid dienone is 4. The lowest BCUT2D eigenvalue weighted by molar-refractivity contribution is 1.47. The number of hydrogen-bond donors (Lipinski definition) is 0. The third-order valence-electron chi connectivity index (χ3n) is 6.32. The van der Waals surface area contributed by atoms with Crippen LogP contribution in [0.2, 0.25) is 0 Å². The van der Waals surface area contributed by atoms with E-state index in [1.165, 1.54) is 59.5 Å². The monoisotopic (exact) mass is 426 g/mol. The lowest BCUT2D eigenvalue weighted by atomic mass is 9.90. The number of benzene rings is 5. The Bertz CT molecular complexity index is 1620. The molecule has 0 saturated heterocycles. The summed E-state index contributed by atoms with van der Waals surface area (Å²) in [5, 5.41) is 9.98. The van der Waals surface area contributed by atoms with Gasteiger partial charge in [-0.05, 0) is 67.6 Å². The van der Waals surface area contributed by atoms with Gasteiger partial charge in [-0.25, -0.2) is 0 Å². The van der Waals surface area contributed by atoms with Crippen molar-refractivity contribution in [3.05, 3.63) is 120 Å². The second-order valence-electron chi connectivity index (χ2n) is 8.37. The molecule has 0 nitrogen and oxygen atoms in total. The van der Waals surface area contributed by atoms with E-state index in [4.69, 9.17) is 0 Å².